The van der Waals surface area contributed by atoms with Crippen LogP contribution in [0.15, 0.2) is 40.9 Å². The van der Waals surface area contributed by atoms with Crippen LogP contribution in [0.25, 0.3) is 11.0 Å². The zero-order chi connectivity index (χ0) is 19.0. The summed E-state index contributed by atoms with van der Waals surface area (Å²) < 4.78 is 14.0. The largest absolute Gasteiger partial charge is 0.486 e. The van der Waals surface area contributed by atoms with E-state index < -0.39 is 0 Å². The van der Waals surface area contributed by atoms with Gasteiger partial charge in [0.25, 0.3) is 5.91 Å². The molecule has 1 aromatic heterocycles. The number of hydrogen-bond donors (Lipinski definition) is 1. The molecule has 2 heterocycles. The number of rotatable bonds is 4. The van der Waals surface area contributed by atoms with Crippen LogP contribution in [0.5, 0.6) is 11.5 Å². The minimum absolute atomic E-state index is 0.185. The maximum absolute atomic E-state index is 12.8. The maximum Gasteiger partial charge on any atom is 0.252 e. The lowest BCUT2D eigenvalue weighted by atomic mass is 10.1. The first-order valence-electron chi connectivity index (χ1n) is 8.93. The van der Waals surface area contributed by atoms with Crippen molar-refractivity contribution in [2.45, 2.75) is 26.4 Å². The molecule has 0 radical (unpaired) electrons. The van der Waals surface area contributed by atoms with Crippen molar-refractivity contribution < 1.29 is 14.3 Å². The van der Waals surface area contributed by atoms with Crippen LogP contribution < -0.4 is 14.8 Å². The number of para-hydroxylation sites is 2. The fourth-order valence-corrected chi connectivity index (χ4v) is 3.90. The molecule has 1 atom stereocenters. The molecule has 1 unspecified atom stereocenters. The summed E-state index contributed by atoms with van der Waals surface area (Å²) in [7, 11) is 0. The van der Waals surface area contributed by atoms with E-state index in [9.17, 15) is 4.79 Å². The van der Waals surface area contributed by atoms with Crippen LogP contribution in [0, 0.1) is 0 Å². The molecule has 1 N–H and O–H groups in total. The summed E-state index contributed by atoms with van der Waals surface area (Å²) in [5.74, 6) is 1.87. The third-order valence-electron chi connectivity index (χ3n) is 4.59. The second kappa shape index (κ2) is 7.23. The first-order chi connectivity index (χ1) is 13.1. The highest BCUT2D eigenvalue weighted by atomic mass is 79.9. The van der Waals surface area contributed by atoms with E-state index >= 15 is 0 Å². The van der Waals surface area contributed by atoms with Crippen molar-refractivity contribution in [1.82, 2.24) is 14.9 Å². The Morgan fingerprint density at radius 2 is 2.07 bits per heavy atom. The number of ether oxygens (including phenoxy) is 2. The third-order valence-corrected chi connectivity index (χ3v) is 5.18. The number of carbonyl (C=O) groups is 1. The number of hydrogen-bond acceptors (Lipinski definition) is 4. The zero-order valence-electron chi connectivity index (χ0n) is 15.2. The Bertz CT molecular complexity index is 1020. The molecular weight excluding hydrogens is 410 g/mol. The van der Waals surface area contributed by atoms with Crippen molar-refractivity contribution in [2.24, 2.45) is 0 Å². The maximum atomic E-state index is 12.8. The molecule has 3 aromatic rings. The molecule has 0 fully saturated rings. The minimum atomic E-state index is -0.239. The molecule has 0 saturated carbocycles. The van der Waals surface area contributed by atoms with Crippen molar-refractivity contribution in [3.63, 3.8) is 0 Å². The third kappa shape index (κ3) is 3.27. The van der Waals surface area contributed by atoms with Gasteiger partial charge in [-0.2, -0.15) is 0 Å². The number of nitrogens with one attached hydrogen (secondary N) is 1. The lowest BCUT2D eigenvalue weighted by Gasteiger charge is -2.21. The van der Waals surface area contributed by atoms with Crippen molar-refractivity contribution >= 4 is 32.9 Å². The van der Waals surface area contributed by atoms with Gasteiger partial charge in [-0.3, -0.25) is 4.79 Å². The van der Waals surface area contributed by atoms with Crippen LogP contribution in [-0.4, -0.2) is 28.7 Å². The molecule has 27 heavy (non-hydrogen) atoms. The molecular formula is C20H20BrN3O3. The van der Waals surface area contributed by atoms with E-state index in [2.05, 4.69) is 32.7 Å². The quantitative estimate of drug-likeness (QED) is 0.678. The summed E-state index contributed by atoms with van der Waals surface area (Å²) in [6.07, 6.45) is 0. The van der Waals surface area contributed by atoms with Crippen LogP contribution in [0.4, 0.5) is 0 Å². The van der Waals surface area contributed by atoms with Crippen molar-refractivity contribution in [1.29, 1.82) is 0 Å². The molecule has 6 nitrogen and oxygen atoms in total. The van der Waals surface area contributed by atoms with E-state index in [4.69, 9.17) is 14.5 Å². The van der Waals surface area contributed by atoms with E-state index in [0.717, 1.165) is 23.4 Å². The lowest BCUT2D eigenvalue weighted by molar-refractivity contribution is 0.0936. The SMILES string of the molecule is CCn1c(C(C)NC(=O)c2cc(Br)c3c(c2)OCCO3)nc2ccccc21. The highest BCUT2D eigenvalue weighted by Crippen LogP contribution is 2.38. The molecule has 0 bridgehead atoms. The normalized spacial score (nSPS) is 14.2. The fraction of sp³-hybridized carbons (Fsp3) is 0.300. The van der Waals surface area contributed by atoms with Gasteiger partial charge < -0.3 is 19.4 Å². The molecule has 4 rings (SSSR count). The van der Waals surface area contributed by atoms with Gasteiger partial charge in [0, 0.05) is 12.1 Å². The number of aromatic nitrogens is 2. The standard InChI is InChI=1S/C20H20BrN3O3/c1-3-24-16-7-5-4-6-15(16)23-19(24)12(2)22-20(25)13-10-14(21)18-17(11-13)26-8-9-27-18/h4-7,10-12H,3,8-9H2,1-2H3,(H,22,25). The first kappa shape index (κ1) is 17.9. The van der Waals surface area contributed by atoms with Crippen LogP contribution in [-0.2, 0) is 6.54 Å². The lowest BCUT2D eigenvalue weighted by Crippen LogP contribution is -2.29. The first-order valence-corrected chi connectivity index (χ1v) is 9.73. The summed E-state index contributed by atoms with van der Waals surface area (Å²) in [6, 6.07) is 11.2. The van der Waals surface area contributed by atoms with Gasteiger partial charge in [-0.05, 0) is 54.0 Å². The molecule has 0 aliphatic carbocycles. The molecule has 7 heteroatoms. The van der Waals surface area contributed by atoms with Crippen LogP contribution >= 0.6 is 15.9 Å². The Balaban J connectivity index is 1.61. The van der Waals surface area contributed by atoms with Gasteiger partial charge >= 0.3 is 0 Å². The Hall–Kier alpha value is -2.54. The van der Waals surface area contributed by atoms with Gasteiger partial charge in [0.05, 0.1) is 21.5 Å². The zero-order valence-corrected chi connectivity index (χ0v) is 16.7. The Morgan fingerprint density at radius 1 is 1.30 bits per heavy atom. The Labute approximate surface area is 165 Å². The summed E-state index contributed by atoms with van der Waals surface area (Å²) in [6.45, 7) is 5.77. The topological polar surface area (TPSA) is 65.4 Å². The van der Waals surface area contributed by atoms with E-state index in [1.54, 1.807) is 12.1 Å². The van der Waals surface area contributed by atoms with Gasteiger partial charge in [-0.1, -0.05) is 12.1 Å². The predicted octanol–water partition coefficient (Wildman–Crippen LogP) is 4.08. The summed E-state index contributed by atoms with van der Waals surface area (Å²) in [5, 5.41) is 3.04. The van der Waals surface area contributed by atoms with Gasteiger partial charge in [0.2, 0.25) is 0 Å². The summed E-state index contributed by atoms with van der Waals surface area (Å²) in [5.41, 5.74) is 2.51. The fourth-order valence-electron chi connectivity index (χ4n) is 3.34. The average molecular weight is 430 g/mol. The number of nitrogens with zero attached hydrogens (tertiary/aromatic N) is 2. The number of halogens is 1. The molecule has 1 amide bonds. The minimum Gasteiger partial charge on any atom is -0.486 e. The second-order valence-corrected chi connectivity index (χ2v) is 7.23. The van der Waals surface area contributed by atoms with Crippen LogP contribution in [0.2, 0.25) is 0 Å². The highest BCUT2D eigenvalue weighted by Gasteiger charge is 2.22. The number of carbonyl (C=O) groups excluding carboxylic acids is 1. The molecule has 1 aliphatic heterocycles. The van der Waals surface area contributed by atoms with Crippen LogP contribution in [0.1, 0.15) is 36.1 Å². The monoisotopic (exact) mass is 429 g/mol. The van der Waals surface area contributed by atoms with Gasteiger partial charge in [-0.25, -0.2) is 4.98 Å². The van der Waals surface area contributed by atoms with E-state index in [0.29, 0.717) is 34.7 Å². The van der Waals surface area contributed by atoms with Crippen LogP contribution in [0.3, 0.4) is 0 Å². The highest BCUT2D eigenvalue weighted by molar-refractivity contribution is 9.10. The number of amides is 1. The molecule has 0 spiro atoms. The predicted molar refractivity (Wildman–Crippen MR) is 106 cm³/mol. The van der Waals surface area contributed by atoms with Crippen molar-refractivity contribution in [3.05, 3.63) is 52.3 Å². The van der Waals surface area contributed by atoms with Crippen molar-refractivity contribution in [2.75, 3.05) is 13.2 Å². The van der Waals surface area contributed by atoms with E-state index in [-0.39, 0.29) is 11.9 Å². The van der Waals surface area contributed by atoms with Gasteiger partial charge in [0.1, 0.15) is 19.0 Å². The number of imidazole rings is 1. The Kier molecular flexibility index (Phi) is 4.78. The molecule has 0 saturated heterocycles. The van der Waals surface area contributed by atoms with E-state index in [1.807, 2.05) is 31.2 Å². The molecule has 140 valence electrons. The molecule has 2 aromatic carbocycles. The smallest absolute Gasteiger partial charge is 0.252 e. The van der Waals surface area contributed by atoms with Gasteiger partial charge in [-0.15, -0.1) is 0 Å². The summed E-state index contributed by atoms with van der Waals surface area (Å²) in [4.78, 5) is 17.5. The summed E-state index contributed by atoms with van der Waals surface area (Å²) >= 11 is 3.46. The second-order valence-electron chi connectivity index (χ2n) is 6.38. The number of benzene rings is 2. The van der Waals surface area contributed by atoms with Crippen molar-refractivity contribution in [3.8, 4) is 11.5 Å². The Morgan fingerprint density at radius 3 is 2.89 bits per heavy atom. The van der Waals surface area contributed by atoms with E-state index in [1.165, 1.54) is 0 Å². The number of fused-ring (bicyclic) bond motifs is 2. The average Bonchev–Trinajstić information content (AvgIpc) is 3.06. The van der Waals surface area contributed by atoms with Gasteiger partial charge in [0.15, 0.2) is 11.5 Å². The number of aryl methyl sites for hydroxylation is 1. The molecule has 1 aliphatic rings.